The maximum Gasteiger partial charge on any atom is 0.339 e. The van der Waals surface area contributed by atoms with Gasteiger partial charge in [-0.3, -0.25) is 15.3 Å². The number of aliphatic carboxylic acids is 1. The molecule has 7 rings (SSSR count). The van der Waals surface area contributed by atoms with Gasteiger partial charge in [0.1, 0.15) is 29.3 Å². The maximum absolute atomic E-state index is 15.1. The van der Waals surface area contributed by atoms with Crippen LogP contribution < -0.4 is 27.8 Å². The van der Waals surface area contributed by atoms with E-state index in [1.807, 2.05) is 6.08 Å². The van der Waals surface area contributed by atoms with Crippen LogP contribution in [0.4, 0.5) is 0 Å². The Bertz CT molecular complexity index is 2310. The normalized spacial score (nSPS) is 35.5. The summed E-state index contributed by atoms with van der Waals surface area (Å²) in [5.74, 6) is -0.793. The first-order valence-corrected chi connectivity index (χ1v) is 28.7. The van der Waals surface area contributed by atoms with Gasteiger partial charge in [0.25, 0.3) is 0 Å². The highest BCUT2D eigenvalue weighted by atomic mass is 33.1. The van der Waals surface area contributed by atoms with Crippen molar-refractivity contribution in [3.05, 3.63) is 58.7 Å². The lowest BCUT2D eigenvalue weighted by Gasteiger charge is -2.48. The highest BCUT2D eigenvalue weighted by Gasteiger charge is 2.58. The zero-order valence-electron chi connectivity index (χ0n) is 40.4. The van der Waals surface area contributed by atoms with Crippen molar-refractivity contribution < 1.29 is 79.2 Å². The molecule has 0 aromatic heterocycles. The van der Waals surface area contributed by atoms with Crippen molar-refractivity contribution in [1.29, 1.82) is 0 Å². The highest BCUT2D eigenvalue weighted by Crippen LogP contribution is 2.53. The van der Waals surface area contributed by atoms with Crippen LogP contribution in [0.25, 0.3) is 0 Å². The molecule has 6 bridgehead atoms. The van der Waals surface area contributed by atoms with E-state index in [9.17, 15) is 50.8 Å². The molecule has 17 N–H and O–H groups in total. The molecule has 0 aromatic carbocycles. The number of aliphatic imine (C=N–C) groups is 2. The minimum absolute atomic E-state index is 0.0156. The van der Waals surface area contributed by atoms with Crippen molar-refractivity contribution in [1.82, 2.24) is 15.5 Å². The molecule has 1 saturated heterocycles. The number of aliphatic hydroxyl groups excluding tert-OH is 6. The molecule has 6 aliphatic heterocycles. The first kappa shape index (κ1) is 58.0. The SMILES string of the molecule is CN[C@@H](CO)O[C@H]1[C@H](O[C@@H]2OC=C3C(=O)O[C@@H]4CC[C@@H](CO)[C@@H]4CSS[C@H]4[C@H](CO)N5C=C(C(=O)O)C(NC(N)=NCCCO)=C(/C=C6\C#C[C@]4(CCN=C(N)N)SSC/C=C/[C@@H]2[C@@H]36)C5)O[C@H](CO)[C@@H](O)C1(O)O. The van der Waals surface area contributed by atoms with Crippen LogP contribution in [0.2, 0.25) is 0 Å². The molecule has 1 saturated carbocycles. The van der Waals surface area contributed by atoms with Gasteiger partial charge < -0.3 is 97.1 Å². The van der Waals surface area contributed by atoms with Crippen molar-refractivity contribution in [3.63, 3.8) is 0 Å². The Morgan fingerprint density at radius 2 is 1.86 bits per heavy atom. The van der Waals surface area contributed by atoms with Gasteiger partial charge in [-0.2, -0.15) is 0 Å². The third kappa shape index (κ3) is 12.8. The summed E-state index contributed by atoms with van der Waals surface area (Å²) < 4.78 is 29.9. The van der Waals surface area contributed by atoms with Crippen LogP contribution >= 0.6 is 43.2 Å². The van der Waals surface area contributed by atoms with E-state index in [4.69, 9.17) is 40.9 Å². The minimum atomic E-state index is -3.15. The molecule has 7 aliphatic rings. The van der Waals surface area contributed by atoms with Crippen LogP contribution in [0.15, 0.2) is 68.7 Å². The van der Waals surface area contributed by atoms with E-state index in [1.54, 1.807) is 17.1 Å². The van der Waals surface area contributed by atoms with E-state index in [2.05, 4.69) is 32.5 Å². The number of hydrogen-bond acceptors (Lipinski definition) is 23. The number of carbonyl (C=O) groups is 2. The summed E-state index contributed by atoms with van der Waals surface area (Å²) in [5.41, 5.74) is 18.4. The number of carbonyl (C=O) groups excluding carboxylic acids is 1. The molecule has 0 aromatic rings. The second-order valence-electron chi connectivity index (χ2n) is 18.4. The van der Waals surface area contributed by atoms with Crippen LogP contribution in [0.3, 0.4) is 0 Å². The Morgan fingerprint density at radius 3 is 2.55 bits per heavy atom. The second-order valence-corrected chi connectivity index (χ2v) is 23.6. The Morgan fingerprint density at radius 1 is 1.07 bits per heavy atom. The number of aliphatic hydroxyl groups is 8. The molecule has 74 heavy (non-hydrogen) atoms. The van der Waals surface area contributed by atoms with Gasteiger partial charge in [0.15, 0.2) is 24.3 Å². The fourth-order valence-electron chi connectivity index (χ4n) is 9.88. The number of carboxylic acids is 1. The summed E-state index contributed by atoms with van der Waals surface area (Å²) in [7, 11) is 7.17. The molecule has 14 atom stereocenters. The zero-order valence-corrected chi connectivity index (χ0v) is 43.6. The van der Waals surface area contributed by atoms with Crippen molar-refractivity contribution in [2.24, 2.45) is 50.9 Å². The molecule has 6 heterocycles. The smallest absolute Gasteiger partial charge is 0.339 e. The van der Waals surface area contributed by atoms with Crippen molar-refractivity contribution >= 4 is 67.0 Å². The maximum atomic E-state index is 15.1. The third-order valence-electron chi connectivity index (χ3n) is 13.8. The number of nitrogens with two attached hydrogens (primary N) is 3. The second kappa shape index (κ2) is 26.1. The van der Waals surface area contributed by atoms with Gasteiger partial charge >= 0.3 is 11.9 Å². The lowest BCUT2D eigenvalue weighted by atomic mass is 9.77. The number of esters is 1. The molecule has 410 valence electrons. The predicted molar refractivity (Wildman–Crippen MR) is 276 cm³/mol. The molecule has 28 heteroatoms. The number of fused-ring (bicyclic) bond motifs is 3. The quantitative estimate of drug-likeness (QED) is 0.0103. The summed E-state index contributed by atoms with van der Waals surface area (Å²) in [6.45, 7) is -2.24. The average Bonchev–Trinajstić information content (AvgIpc) is 3.74. The summed E-state index contributed by atoms with van der Waals surface area (Å²) >= 11 is 0. The van der Waals surface area contributed by atoms with Gasteiger partial charge in [-0.15, -0.1) is 0 Å². The van der Waals surface area contributed by atoms with E-state index >= 15 is 4.79 Å². The molecule has 1 aliphatic carbocycles. The lowest BCUT2D eigenvalue weighted by molar-refractivity contribution is -0.416. The van der Waals surface area contributed by atoms with E-state index in [0.717, 1.165) is 6.26 Å². The molecular weight excluding hydrogens is 1050 g/mol. The number of likely N-dealkylation sites (N-methyl/N-ethyl adjacent to an activating group) is 1. The van der Waals surface area contributed by atoms with Gasteiger partial charge in [-0.25, -0.2) is 9.59 Å². The number of guanidine groups is 2. The standard InChI is InChI=1S/C46H66N8O16S4/c1-50-33(20-59)69-37-42(68-32(19-58)36(60)46(37,64)65)70-41-26-4-2-13-71-74-45(9-11-51-43(47)48)8-7-23-14-25-15-54(16-27(39(61)62)35(25)53-44(49)52-10-3-12-55)30(18-57)38(45)73-72-22-29-24(17-56)5-6-31(29)67-40(63)28(21-66-41)34(23)26/h2,4,14,16,21,24,26,29-34,36-38,41-42,50,55-60,64-65H,3,5-6,9-13,15,17-20,22H2,1H3,(H,61,62)(H4,47,48,51)(H3,49,52,53)/b4-2+,23-14+/t24-,26+,29-,30-,31+,32+,33+,34-,36+,37-,38-,41-,42-,45+/m0/s1. The van der Waals surface area contributed by atoms with Crippen LogP contribution in [-0.2, 0) is 33.3 Å². The number of nitrogens with zero attached hydrogens (tertiary/aromatic N) is 3. The summed E-state index contributed by atoms with van der Waals surface area (Å²) in [4.78, 5) is 39.0. The fraction of sp³-hybridized carbons (Fsp3) is 0.652. The van der Waals surface area contributed by atoms with Gasteiger partial charge in [0, 0.05) is 68.0 Å². The topological polar surface area (TPSA) is 392 Å². The summed E-state index contributed by atoms with van der Waals surface area (Å²) in [6.07, 6.45) is -1.83. The van der Waals surface area contributed by atoms with Gasteiger partial charge in [0.2, 0.25) is 12.1 Å². The number of allylic oxidation sites excluding steroid dienone is 1. The third-order valence-corrected chi connectivity index (χ3v) is 19.9. The highest BCUT2D eigenvalue weighted by molar-refractivity contribution is 8.79. The van der Waals surface area contributed by atoms with E-state index in [-0.39, 0.29) is 91.9 Å². The molecule has 2 fully saturated rings. The average molecular weight is 1120 g/mol. The van der Waals surface area contributed by atoms with Gasteiger partial charge in [0.05, 0.1) is 60.1 Å². The van der Waals surface area contributed by atoms with E-state index in [1.165, 1.54) is 56.4 Å². The molecular formula is C46H66N8O16S4. The van der Waals surface area contributed by atoms with Crippen molar-refractivity contribution in [2.45, 2.75) is 90.7 Å². The Labute approximate surface area is 443 Å². The minimum Gasteiger partial charge on any atom is -0.478 e. The zero-order chi connectivity index (χ0) is 53.3. The van der Waals surface area contributed by atoms with E-state index < -0.39 is 109 Å². The Kier molecular flexibility index (Phi) is 20.4. The summed E-state index contributed by atoms with van der Waals surface area (Å²) in [5, 5.41) is 102. The van der Waals surface area contributed by atoms with Crippen LogP contribution in [0.5, 0.6) is 0 Å². The van der Waals surface area contributed by atoms with Gasteiger partial charge in [-0.05, 0) is 50.3 Å². The Balaban J connectivity index is 1.52. The molecule has 0 amide bonds. The number of carboxylic acid groups (broad SMARTS) is 1. The van der Waals surface area contributed by atoms with E-state index in [0.29, 0.717) is 29.9 Å². The van der Waals surface area contributed by atoms with Crippen LogP contribution in [0.1, 0.15) is 25.7 Å². The van der Waals surface area contributed by atoms with Crippen molar-refractivity contribution in [3.8, 4) is 11.8 Å². The van der Waals surface area contributed by atoms with Crippen molar-refractivity contribution in [2.75, 3.05) is 71.2 Å². The predicted octanol–water partition coefficient (Wildman–Crippen LogP) is -2.67. The molecule has 0 radical (unpaired) electrons. The lowest BCUT2D eigenvalue weighted by Crippen LogP contribution is -2.69. The molecule has 0 spiro atoms. The first-order chi connectivity index (χ1) is 35.5. The summed E-state index contributed by atoms with van der Waals surface area (Å²) in [6, 6.07) is -0.820. The number of rotatable bonds is 17. The monoisotopic (exact) mass is 1110 g/mol. The number of nitrogens with one attached hydrogen (secondary N) is 2. The number of hydrogen-bond donors (Lipinski definition) is 14. The first-order valence-electron chi connectivity index (χ1n) is 24.0. The molecule has 0 unspecified atom stereocenters. The Hall–Kier alpha value is -3.74. The van der Waals surface area contributed by atoms with Crippen LogP contribution in [-0.4, -0.2) is 211 Å². The largest absolute Gasteiger partial charge is 0.478 e. The number of ether oxygens (including phenoxy) is 5. The molecule has 24 nitrogen and oxygen atoms in total. The van der Waals surface area contributed by atoms with Crippen LogP contribution in [0, 0.1) is 35.5 Å². The fourth-order valence-corrected chi connectivity index (χ4v) is 16.9. The van der Waals surface area contributed by atoms with Gasteiger partial charge in [-0.1, -0.05) is 67.2 Å².